The molecule has 0 saturated carbocycles. The number of benzene rings is 2. The van der Waals surface area contributed by atoms with E-state index in [-0.39, 0.29) is 18.3 Å². The van der Waals surface area contributed by atoms with E-state index in [0.29, 0.717) is 21.5 Å². The van der Waals surface area contributed by atoms with E-state index < -0.39 is 0 Å². The van der Waals surface area contributed by atoms with Crippen molar-refractivity contribution in [1.29, 1.82) is 5.41 Å². The molecular weight excluding hydrogens is 339 g/mol. The Morgan fingerprint density at radius 2 is 1.95 bits per heavy atom. The van der Waals surface area contributed by atoms with E-state index in [0.717, 1.165) is 5.56 Å². The topological polar surface area (TPSA) is 68.3 Å². The summed E-state index contributed by atoms with van der Waals surface area (Å²) in [5, 5.41) is 7.46. The minimum absolute atomic E-state index is 0.0261. The first kappa shape index (κ1) is 15.3. The van der Waals surface area contributed by atoms with Crippen LogP contribution in [-0.2, 0) is 6.61 Å². The molecule has 21 heavy (non-hydrogen) atoms. The van der Waals surface area contributed by atoms with Crippen molar-refractivity contribution in [1.82, 2.24) is 0 Å². The highest BCUT2D eigenvalue weighted by Crippen LogP contribution is 2.28. The van der Waals surface area contributed by atoms with E-state index in [1.807, 2.05) is 0 Å². The summed E-state index contributed by atoms with van der Waals surface area (Å²) < 4.78 is 24.5. The van der Waals surface area contributed by atoms with Crippen LogP contribution in [0.2, 0.25) is 0 Å². The summed E-state index contributed by atoms with van der Waals surface area (Å²) >= 11 is 3.24. The van der Waals surface area contributed by atoms with Gasteiger partial charge in [0.25, 0.3) is 0 Å². The van der Waals surface area contributed by atoms with Crippen molar-refractivity contribution in [2.24, 2.45) is 5.73 Å². The molecule has 0 aliphatic heterocycles. The van der Waals surface area contributed by atoms with Gasteiger partial charge in [0, 0.05) is 11.1 Å². The lowest BCUT2D eigenvalue weighted by Crippen LogP contribution is -2.12. The van der Waals surface area contributed by atoms with E-state index in [9.17, 15) is 4.39 Å². The van der Waals surface area contributed by atoms with Gasteiger partial charge in [-0.1, -0.05) is 0 Å². The molecule has 0 amide bonds. The zero-order chi connectivity index (χ0) is 15.4. The molecule has 2 aromatic rings. The molecule has 2 aromatic carbocycles. The summed E-state index contributed by atoms with van der Waals surface area (Å²) in [6.45, 7) is 0.217. The highest BCUT2D eigenvalue weighted by atomic mass is 79.9. The molecule has 0 bridgehead atoms. The molecule has 110 valence electrons. The second kappa shape index (κ2) is 6.58. The van der Waals surface area contributed by atoms with Crippen molar-refractivity contribution in [3.8, 4) is 11.5 Å². The highest BCUT2D eigenvalue weighted by Gasteiger charge is 2.09. The lowest BCUT2D eigenvalue weighted by atomic mass is 10.1. The summed E-state index contributed by atoms with van der Waals surface area (Å²) in [4.78, 5) is 0. The third-order valence-corrected chi connectivity index (χ3v) is 3.49. The number of nitrogens with one attached hydrogen (secondary N) is 1. The van der Waals surface area contributed by atoms with E-state index in [2.05, 4.69) is 15.9 Å². The SMILES string of the molecule is COc1ccc(C(=N)N)cc1COc1ccc(F)cc1Br. The third-order valence-electron chi connectivity index (χ3n) is 2.87. The van der Waals surface area contributed by atoms with Crippen LogP contribution in [0.4, 0.5) is 4.39 Å². The highest BCUT2D eigenvalue weighted by molar-refractivity contribution is 9.10. The molecule has 0 radical (unpaired) electrons. The predicted molar refractivity (Wildman–Crippen MR) is 82.4 cm³/mol. The second-order valence-electron chi connectivity index (χ2n) is 4.30. The molecule has 0 unspecified atom stereocenters. The largest absolute Gasteiger partial charge is 0.496 e. The quantitative estimate of drug-likeness (QED) is 0.639. The number of amidine groups is 1. The van der Waals surface area contributed by atoms with Gasteiger partial charge in [0.1, 0.15) is 29.8 Å². The predicted octanol–water partition coefficient (Wildman–Crippen LogP) is 3.46. The Bertz CT molecular complexity index is 677. The lowest BCUT2D eigenvalue weighted by molar-refractivity contribution is 0.294. The summed E-state index contributed by atoms with van der Waals surface area (Å²) in [5.41, 5.74) is 6.82. The van der Waals surface area contributed by atoms with Gasteiger partial charge in [0.2, 0.25) is 0 Å². The molecule has 4 nitrogen and oxygen atoms in total. The molecule has 0 aliphatic carbocycles. The first-order valence-corrected chi connectivity index (χ1v) is 6.89. The first-order valence-electron chi connectivity index (χ1n) is 6.10. The number of methoxy groups -OCH3 is 1. The smallest absolute Gasteiger partial charge is 0.134 e. The Labute approximate surface area is 130 Å². The molecule has 0 heterocycles. The van der Waals surface area contributed by atoms with Crippen LogP contribution in [0.15, 0.2) is 40.9 Å². The number of nitrogens with two attached hydrogens (primary N) is 1. The van der Waals surface area contributed by atoms with Crippen molar-refractivity contribution in [3.63, 3.8) is 0 Å². The molecule has 2 rings (SSSR count). The average molecular weight is 353 g/mol. The van der Waals surface area contributed by atoms with Crippen molar-refractivity contribution in [3.05, 3.63) is 57.8 Å². The van der Waals surface area contributed by atoms with Crippen LogP contribution in [-0.4, -0.2) is 12.9 Å². The zero-order valence-corrected chi connectivity index (χ0v) is 12.9. The average Bonchev–Trinajstić information content (AvgIpc) is 2.46. The van der Waals surface area contributed by atoms with Crippen LogP contribution in [0.1, 0.15) is 11.1 Å². The van der Waals surface area contributed by atoms with Crippen LogP contribution in [0.5, 0.6) is 11.5 Å². The fraction of sp³-hybridized carbons (Fsp3) is 0.133. The van der Waals surface area contributed by atoms with E-state index in [4.69, 9.17) is 20.6 Å². The number of hydrogen-bond acceptors (Lipinski definition) is 3. The number of ether oxygens (including phenoxy) is 2. The number of hydrogen-bond donors (Lipinski definition) is 2. The van der Waals surface area contributed by atoms with Crippen molar-refractivity contribution >= 4 is 21.8 Å². The van der Waals surface area contributed by atoms with Crippen molar-refractivity contribution in [2.75, 3.05) is 7.11 Å². The monoisotopic (exact) mass is 352 g/mol. The van der Waals surface area contributed by atoms with Crippen LogP contribution >= 0.6 is 15.9 Å². The lowest BCUT2D eigenvalue weighted by Gasteiger charge is -2.12. The number of nitrogen functional groups attached to an aromatic ring is 1. The zero-order valence-electron chi connectivity index (χ0n) is 11.3. The maximum absolute atomic E-state index is 13.0. The molecular formula is C15H14BrFN2O2. The Balaban J connectivity index is 2.22. The maximum Gasteiger partial charge on any atom is 0.134 e. The van der Waals surface area contributed by atoms with Gasteiger partial charge in [-0.05, 0) is 52.3 Å². The summed E-state index contributed by atoms with van der Waals surface area (Å²) in [6.07, 6.45) is 0. The Morgan fingerprint density at radius 3 is 2.57 bits per heavy atom. The summed E-state index contributed by atoms with van der Waals surface area (Å²) in [6, 6.07) is 9.37. The minimum Gasteiger partial charge on any atom is -0.496 e. The number of rotatable bonds is 5. The summed E-state index contributed by atoms with van der Waals surface area (Å²) in [5.74, 6) is 0.789. The van der Waals surface area contributed by atoms with E-state index in [1.54, 1.807) is 31.4 Å². The maximum atomic E-state index is 13.0. The van der Waals surface area contributed by atoms with E-state index in [1.165, 1.54) is 12.1 Å². The molecule has 0 spiro atoms. The van der Waals surface area contributed by atoms with Crippen LogP contribution < -0.4 is 15.2 Å². The Kier molecular flexibility index (Phi) is 4.80. The Morgan fingerprint density at radius 1 is 1.24 bits per heavy atom. The number of halogens is 2. The molecule has 3 N–H and O–H groups in total. The molecule has 0 atom stereocenters. The third kappa shape index (κ3) is 3.72. The van der Waals surface area contributed by atoms with Crippen LogP contribution in [0.3, 0.4) is 0 Å². The van der Waals surface area contributed by atoms with Crippen LogP contribution in [0, 0.1) is 11.2 Å². The van der Waals surface area contributed by atoms with Gasteiger partial charge in [-0.15, -0.1) is 0 Å². The van der Waals surface area contributed by atoms with Crippen molar-refractivity contribution < 1.29 is 13.9 Å². The normalized spacial score (nSPS) is 10.2. The summed E-state index contributed by atoms with van der Waals surface area (Å²) in [7, 11) is 1.56. The second-order valence-corrected chi connectivity index (χ2v) is 5.16. The van der Waals surface area contributed by atoms with E-state index >= 15 is 0 Å². The fourth-order valence-corrected chi connectivity index (χ4v) is 2.27. The molecule has 0 aromatic heterocycles. The van der Waals surface area contributed by atoms with Gasteiger partial charge >= 0.3 is 0 Å². The fourth-order valence-electron chi connectivity index (χ4n) is 1.81. The van der Waals surface area contributed by atoms with Gasteiger partial charge in [-0.25, -0.2) is 4.39 Å². The molecule has 0 saturated heterocycles. The van der Waals surface area contributed by atoms with Crippen LogP contribution in [0.25, 0.3) is 0 Å². The molecule has 0 fully saturated rings. The van der Waals surface area contributed by atoms with Gasteiger partial charge in [-0.3, -0.25) is 5.41 Å². The van der Waals surface area contributed by atoms with Gasteiger partial charge in [0.15, 0.2) is 0 Å². The van der Waals surface area contributed by atoms with Gasteiger partial charge in [-0.2, -0.15) is 0 Å². The first-order chi connectivity index (χ1) is 10.0. The standard InChI is InChI=1S/C15H14BrFN2O2/c1-20-13-4-2-9(15(18)19)6-10(13)8-21-14-5-3-11(17)7-12(14)16/h2-7H,8H2,1H3,(H3,18,19). The Hall–Kier alpha value is -2.08. The van der Waals surface area contributed by atoms with Gasteiger partial charge in [0.05, 0.1) is 11.6 Å². The minimum atomic E-state index is -0.342. The van der Waals surface area contributed by atoms with Crippen molar-refractivity contribution in [2.45, 2.75) is 6.61 Å². The molecule has 0 aliphatic rings. The van der Waals surface area contributed by atoms with Gasteiger partial charge < -0.3 is 15.2 Å². The molecule has 6 heteroatoms.